The van der Waals surface area contributed by atoms with Crippen molar-refractivity contribution >= 4 is 23.0 Å². The number of hydrogen-bond acceptors (Lipinski definition) is 4. The van der Waals surface area contributed by atoms with Crippen molar-refractivity contribution < 1.29 is 4.79 Å². The maximum atomic E-state index is 11.7. The van der Waals surface area contributed by atoms with Crippen LogP contribution in [0.3, 0.4) is 0 Å². The highest BCUT2D eigenvalue weighted by atomic mass is 16.1. The van der Waals surface area contributed by atoms with Crippen LogP contribution in [0.25, 0.3) is 0 Å². The number of benzene rings is 2. The van der Waals surface area contributed by atoms with Crippen LogP contribution in [0.15, 0.2) is 42.5 Å². The second-order valence-corrected chi connectivity index (χ2v) is 4.57. The Morgan fingerprint density at radius 3 is 2.48 bits per heavy atom. The first-order valence-electron chi connectivity index (χ1n) is 6.42. The van der Waals surface area contributed by atoms with E-state index in [1.165, 1.54) is 0 Å². The van der Waals surface area contributed by atoms with Gasteiger partial charge in [-0.15, -0.1) is 0 Å². The summed E-state index contributed by atoms with van der Waals surface area (Å²) in [5.41, 5.74) is 9.34. The van der Waals surface area contributed by atoms with Crippen LogP contribution in [0.5, 0.6) is 0 Å². The number of rotatable bonds is 3. The number of carbonyl (C=O) groups excluding carboxylic acids is 1. The smallest absolute Gasteiger partial charge is 0.251 e. The monoisotopic (exact) mass is 280 g/mol. The molecule has 5 nitrogen and oxygen atoms in total. The van der Waals surface area contributed by atoms with Crippen molar-refractivity contribution in [1.29, 1.82) is 5.26 Å². The minimum Gasteiger partial charge on any atom is -0.397 e. The van der Waals surface area contributed by atoms with Crippen molar-refractivity contribution in [2.45, 2.75) is 0 Å². The molecule has 1 amide bonds. The maximum Gasteiger partial charge on any atom is 0.251 e. The highest BCUT2D eigenvalue weighted by Gasteiger charge is 2.11. The summed E-state index contributed by atoms with van der Waals surface area (Å²) in [7, 11) is 3.45. The third-order valence-corrected chi connectivity index (χ3v) is 3.26. The van der Waals surface area contributed by atoms with Gasteiger partial charge in [-0.05, 0) is 42.5 Å². The first-order valence-corrected chi connectivity index (χ1v) is 6.42. The highest BCUT2D eigenvalue weighted by Crippen LogP contribution is 2.30. The minimum atomic E-state index is -0.163. The van der Waals surface area contributed by atoms with Crippen LogP contribution >= 0.6 is 0 Å². The summed E-state index contributed by atoms with van der Waals surface area (Å²) in [6.45, 7) is 0. The van der Waals surface area contributed by atoms with Gasteiger partial charge in [-0.1, -0.05) is 0 Å². The van der Waals surface area contributed by atoms with Crippen LogP contribution in [0, 0.1) is 11.3 Å². The molecule has 2 aromatic carbocycles. The zero-order valence-electron chi connectivity index (χ0n) is 11.9. The molecule has 0 fully saturated rings. The molecule has 2 aromatic rings. The van der Waals surface area contributed by atoms with Gasteiger partial charge in [0.2, 0.25) is 0 Å². The van der Waals surface area contributed by atoms with Gasteiger partial charge < -0.3 is 16.0 Å². The van der Waals surface area contributed by atoms with E-state index in [1.54, 1.807) is 37.4 Å². The number of nitrogens with one attached hydrogen (secondary N) is 1. The lowest BCUT2D eigenvalue weighted by Gasteiger charge is -2.22. The largest absolute Gasteiger partial charge is 0.397 e. The molecule has 0 unspecified atom stereocenters. The first-order chi connectivity index (χ1) is 10.1. The number of amides is 1. The van der Waals surface area contributed by atoms with Gasteiger partial charge in [0.15, 0.2) is 0 Å². The topological polar surface area (TPSA) is 82.2 Å². The molecule has 0 aliphatic rings. The van der Waals surface area contributed by atoms with Gasteiger partial charge in [-0.3, -0.25) is 4.79 Å². The number of nitrogens with zero attached hydrogens (tertiary/aromatic N) is 2. The molecule has 0 saturated heterocycles. The van der Waals surface area contributed by atoms with Gasteiger partial charge in [-0.25, -0.2) is 0 Å². The second kappa shape index (κ2) is 5.97. The highest BCUT2D eigenvalue weighted by molar-refractivity contribution is 5.96. The molecule has 106 valence electrons. The Balaban J connectivity index is 2.39. The molecular weight excluding hydrogens is 264 g/mol. The third-order valence-electron chi connectivity index (χ3n) is 3.26. The average Bonchev–Trinajstić information content (AvgIpc) is 2.54. The number of nitriles is 1. The average molecular weight is 280 g/mol. The zero-order valence-corrected chi connectivity index (χ0v) is 11.9. The van der Waals surface area contributed by atoms with Crippen LogP contribution in [0.4, 0.5) is 17.1 Å². The fourth-order valence-electron chi connectivity index (χ4n) is 2.02. The van der Waals surface area contributed by atoms with Crippen molar-refractivity contribution in [2.75, 3.05) is 24.7 Å². The third kappa shape index (κ3) is 2.95. The fourth-order valence-corrected chi connectivity index (χ4v) is 2.02. The minimum absolute atomic E-state index is 0.163. The number of hydrogen-bond donors (Lipinski definition) is 2. The normalized spacial score (nSPS) is 9.76. The quantitative estimate of drug-likeness (QED) is 0.845. The van der Waals surface area contributed by atoms with E-state index in [9.17, 15) is 4.79 Å². The Morgan fingerprint density at radius 2 is 1.90 bits per heavy atom. The second-order valence-electron chi connectivity index (χ2n) is 4.57. The Bertz CT molecular complexity index is 701. The molecule has 0 spiro atoms. The molecule has 0 bridgehead atoms. The van der Waals surface area contributed by atoms with Crippen molar-refractivity contribution in [3.05, 3.63) is 53.6 Å². The predicted octanol–water partition coefficient (Wildman–Crippen LogP) is 2.27. The van der Waals surface area contributed by atoms with Gasteiger partial charge in [-0.2, -0.15) is 5.26 Å². The molecule has 5 heteroatoms. The van der Waals surface area contributed by atoms with E-state index in [-0.39, 0.29) is 5.91 Å². The molecule has 0 radical (unpaired) electrons. The molecule has 3 N–H and O–H groups in total. The van der Waals surface area contributed by atoms with E-state index in [0.29, 0.717) is 16.8 Å². The lowest BCUT2D eigenvalue weighted by molar-refractivity contribution is 0.0963. The number of nitrogen functional groups attached to an aromatic ring is 1. The lowest BCUT2D eigenvalue weighted by Crippen LogP contribution is -2.19. The van der Waals surface area contributed by atoms with Crippen LogP contribution in [0.2, 0.25) is 0 Å². The van der Waals surface area contributed by atoms with Crippen LogP contribution in [-0.2, 0) is 0 Å². The molecular formula is C16H16N4O. The fraction of sp³-hybridized carbons (Fsp3) is 0.125. The SMILES string of the molecule is CNC(=O)c1ccc(N)c(N(C)c2ccc(C#N)cc2)c1. The summed E-state index contributed by atoms with van der Waals surface area (Å²) < 4.78 is 0. The van der Waals surface area contributed by atoms with Gasteiger partial charge in [0.05, 0.1) is 23.0 Å². The lowest BCUT2D eigenvalue weighted by atomic mass is 10.1. The first kappa shape index (κ1) is 14.4. The van der Waals surface area contributed by atoms with E-state index in [2.05, 4.69) is 11.4 Å². The van der Waals surface area contributed by atoms with Gasteiger partial charge in [0.1, 0.15) is 0 Å². The molecule has 0 aliphatic carbocycles. The Morgan fingerprint density at radius 1 is 1.24 bits per heavy atom. The molecule has 0 aromatic heterocycles. The molecule has 0 atom stereocenters. The van der Waals surface area contributed by atoms with E-state index >= 15 is 0 Å². The number of nitrogens with two attached hydrogens (primary N) is 1. The Hall–Kier alpha value is -3.00. The standard InChI is InChI=1S/C16H16N4O/c1-19-16(21)12-5-8-14(18)15(9-12)20(2)13-6-3-11(10-17)4-7-13/h3-9H,18H2,1-2H3,(H,19,21). The number of anilines is 3. The van der Waals surface area contributed by atoms with Gasteiger partial charge in [0, 0.05) is 25.3 Å². The summed E-state index contributed by atoms with van der Waals surface area (Å²) >= 11 is 0. The van der Waals surface area contributed by atoms with Crippen LogP contribution < -0.4 is 16.0 Å². The summed E-state index contributed by atoms with van der Waals surface area (Å²) in [4.78, 5) is 13.6. The van der Waals surface area contributed by atoms with E-state index in [1.807, 2.05) is 24.1 Å². The zero-order chi connectivity index (χ0) is 15.4. The molecule has 0 aliphatic heterocycles. The predicted molar refractivity (Wildman–Crippen MR) is 83.5 cm³/mol. The maximum absolute atomic E-state index is 11.7. The van der Waals surface area contributed by atoms with E-state index in [4.69, 9.17) is 11.0 Å². The van der Waals surface area contributed by atoms with E-state index in [0.717, 1.165) is 11.4 Å². The Kier molecular flexibility index (Phi) is 4.10. The summed E-state index contributed by atoms with van der Waals surface area (Å²) in [6.07, 6.45) is 0. The molecule has 0 heterocycles. The van der Waals surface area contributed by atoms with Gasteiger partial charge in [0.25, 0.3) is 5.91 Å². The van der Waals surface area contributed by atoms with Crippen molar-refractivity contribution in [2.24, 2.45) is 0 Å². The van der Waals surface area contributed by atoms with E-state index < -0.39 is 0 Å². The molecule has 0 saturated carbocycles. The summed E-state index contributed by atoms with van der Waals surface area (Å²) in [5.74, 6) is -0.163. The Labute approximate surface area is 123 Å². The van der Waals surface area contributed by atoms with Gasteiger partial charge >= 0.3 is 0 Å². The number of carbonyl (C=O) groups is 1. The molecule has 2 rings (SSSR count). The van der Waals surface area contributed by atoms with Crippen LogP contribution in [0.1, 0.15) is 15.9 Å². The van der Waals surface area contributed by atoms with Crippen molar-refractivity contribution in [3.8, 4) is 6.07 Å². The van der Waals surface area contributed by atoms with Crippen molar-refractivity contribution in [3.63, 3.8) is 0 Å². The van der Waals surface area contributed by atoms with Crippen molar-refractivity contribution in [1.82, 2.24) is 5.32 Å². The summed E-state index contributed by atoms with van der Waals surface area (Å²) in [5, 5.41) is 11.4. The summed E-state index contributed by atoms with van der Waals surface area (Å²) in [6, 6.07) is 14.4. The van der Waals surface area contributed by atoms with Crippen LogP contribution in [-0.4, -0.2) is 20.0 Å². The molecule has 21 heavy (non-hydrogen) atoms.